The predicted octanol–water partition coefficient (Wildman–Crippen LogP) is 0.881. The number of amidine groups is 1. The van der Waals surface area contributed by atoms with Crippen LogP contribution in [0.1, 0.15) is 28.8 Å². The van der Waals surface area contributed by atoms with E-state index in [1.807, 2.05) is 18.2 Å². The number of aliphatic imine (C=N–C) groups is 1. The SMILES string of the molecule is COc1ccc2c(c1)C(=O)N(C[C@@]1(C#CC3=CC=C(C4=NCCN4)CC3)NC(=O)NC1=O)C2. The van der Waals surface area contributed by atoms with Gasteiger partial charge in [-0.25, -0.2) is 4.79 Å². The average Bonchev–Trinajstić information content (AvgIpc) is 3.52. The van der Waals surface area contributed by atoms with Crippen molar-refractivity contribution < 1.29 is 19.1 Å². The van der Waals surface area contributed by atoms with Crippen molar-refractivity contribution >= 4 is 23.7 Å². The molecule has 0 aromatic heterocycles. The summed E-state index contributed by atoms with van der Waals surface area (Å²) in [5.41, 5.74) is 1.84. The summed E-state index contributed by atoms with van der Waals surface area (Å²) in [6, 6.07) is 4.69. The van der Waals surface area contributed by atoms with Crippen LogP contribution in [0.15, 0.2) is 46.5 Å². The first kappa shape index (κ1) is 20.8. The monoisotopic (exact) mass is 445 g/mol. The van der Waals surface area contributed by atoms with E-state index in [-0.39, 0.29) is 12.5 Å². The number of methoxy groups -OCH3 is 1. The van der Waals surface area contributed by atoms with Gasteiger partial charge in [-0.1, -0.05) is 30.1 Å². The largest absolute Gasteiger partial charge is 0.497 e. The van der Waals surface area contributed by atoms with E-state index in [4.69, 9.17) is 4.74 Å². The Bertz CT molecular complexity index is 1220. The van der Waals surface area contributed by atoms with Crippen LogP contribution < -0.4 is 20.7 Å². The molecule has 1 aromatic carbocycles. The fourth-order valence-corrected chi connectivity index (χ4v) is 4.35. The Morgan fingerprint density at radius 3 is 2.76 bits per heavy atom. The second kappa shape index (κ2) is 8.13. The van der Waals surface area contributed by atoms with E-state index in [0.29, 0.717) is 24.3 Å². The van der Waals surface area contributed by atoms with E-state index >= 15 is 0 Å². The normalized spacial score (nSPS) is 23.5. The second-order valence-corrected chi connectivity index (χ2v) is 8.29. The Morgan fingerprint density at radius 2 is 2.09 bits per heavy atom. The highest BCUT2D eigenvalue weighted by Gasteiger charge is 2.48. The minimum Gasteiger partial charge on any atom is -0.497 e. The number of carbonyl (C=O) groups excluding carboxylic acids is 3. The van der Waals surface area contributed by atoms with Crippen molar-refractivity contribution in [2.45, 2.75) is 24.9 Å². The van der Waals surface area contributed by atoms with E-state index in [2.05, 4.69) is 32.8 Å². The van der Waals surface area contributed by atoms with Crippen LogP contribution in [0.5, 0.6) is 5.75 Å². The Morgan fingerprint density at radius 1 is 1.21 bits per heavy atom. The summed E-state index contributed by atoms with van der Waals surface area (Å²) in [5.74, 6) is 6.77. The number of allylic oxidation sites excluding steroid dienone is 3. The number of nitrogens with one attached hydrogen (secondary N) is 3. The highest BCUT2D eigenvalue weighted by Crippen LogP contribution is 2.28. The molecule has 1 aromatic rings. The number of imide groups is 1. The zero-order chi connectivity index (χ0) is 23.0. The van der Waals surface area contributed by atoms with E-state index < -0.39 is 17.5 Å². The van der Waals surface area contributed by atoms with Gasteiger partial charge in [0.05, 0.1) is 20.2 Å². The highest BCUT2D eigenvalue weighted by atomic mass is 16.5. The first-order valence-corrected chi connectivity index (χ1v) is 10.8. The number of fused-ring (bicyclic) bond motifs is 1. The van der Waals surface area contributed by atoms with Crippen molar-refractivity contribution in [1.29, 1.82) is 0 Å². The smallest absolute Gasteiger partial charge is 0.323 e. The first-order valence-electron chi connectivity index (χ1n) is 10.8. The third-order valence-corrected chi connectivity index (χ3v) is 6.13. The molecular formula is C24H23N5O4. The van der Waals surface area contributed by atoms with Crippen LogP contribution in [0.25, 0.3) is 0 Å². The zero-order valence-corrected chi connectivity index (χ0v) is 18.2. The lowest BCUT2D eigenvalue weighted by Crippen LogP contribution is -2.54. The Kier molecular flexibility index (Phi) is 5.13. The van der Waals surface area contributed by atoms with Crippen LogP contribution in [0, 0.1) is 11.8 Å². The van der Waals surface area contributed by atoms with E-state index in [0.717, 1.165) is 42.1 Å². The second-order valence-electron chi connectivity index (χ2n) is 8.29. The van der Waals surface area contributed by atoms with Crippen LogP contribution in [-0.4, -0.2) is 60.9 Å². The maximum Gasteiger partial charge on any atom is 0.323 e. The third-order valence-electron chi connectivity index (χ3n) is 6.13. The van der Waals surface area contributed by atoms with Gasteiger partial charge in [-0.2, -0.15) is 0 Å². The molecule has 1 atom stereocenters. The highest BCUT2D eigenvalue weighted by molar-refractivity contribution is 6.10. The molecule has 9 nitrogen and oxygen atoms in total. The standard InChI is InChI=1S/C24H23N5O4/c1-33-18-7-6-17-13-29(21(30)19(17)12-18)14-24(22(31)27-23(32)28-24)9-8-15-2-4-16(5-3-15)20-25-10-11-26-20/h2,4,6-7,12H,3,5,10-11,13-14H2,1H3,(H,25,26)(H2,27,28,31,32)/t24-/m1/s1. The maximum absolute atomic E-state index is 13.0. The van der Waals surface area contributed by atoms with Crippen molar-refractivity contribution in [3.63, 3.8) is 0 Å². The van der Waals surface area contributed by atoms with E-state index in [1.165, 1.54) is 12.0 Å². The minimum atomic E-state index is -1.51. The molecule has 1 saturated heterocycles. The molecule has 3 N–H and O–H groups in total. The maximum atomic E-state index is 13.0. The van der Waals surface area contributed by atoms with Gasteiger partial charge in [0.1, 0.15) is 11.6 Å². The molecular weight excluding hydrogens is 422 g/mol. The number of carbonyl (C=O) groups is 3. The van der Waals surface area contributed by atoms with Crippen molar-refractivity contribution in [3.8, 4) is 17.6 Å². The van der Waals surface area contributed by atoms with Gasteiger partial charge < -0.3 is 20.3 Å². The topological polar surface area (TPSA) is 112 Å². The summed E-state index contributed by atoms with van der Waals surface area (Å²) in [6.45, 7) is 1.91. The molecule has 1 aliphatic carbocycles. The molecule has 33 heavy (non-hydrogen) atoms. The zero-order valence-electron chi connectivity index (χ0n) is 18.2. The molecule has 0 unspecified atom stereocenters. The summed E-state index contributed by atoms with van der Waals surface area (Å²) in [4.78, 5) is 43.7. The number of rotatable bonds is 4. The number of hydrogen-bond donors (Lipinski definition) is 3. The van der Waals surface area contributed by atoms with Gasteiger partial charge in [-0.15, -0.1) is 0 Å². The molecule has 0 saturated carbocycles. The quantitative estimate of drug-likeness (QED) is 0.471. The molecule has 1 fully saturated rings. The number of hydrogen-bond acceptors (Lipinski definition) is 6. The van der Waals surface area contributed by atoms with Crippen molar-refractivity contribution in [2.75, 3.05) is 26.7 Å². The lowest BCUT2D eigenvalue weighted by molar-refractivity contribution is -0.122. The Labute approximate surface area is 190 Å². The van der Waals surface area contributed by atoms with E-state index in [1.54, 1.807) is 12.1 Å². The summed E-state index contributed by atoms with van der Waals surface area (Å²) in [7, 11) is 1.54. The van der Waals surface area contributed by atoms with Gasteiger partial charge >= 0.3 is 6.03 Å². The molecule has 0 bridgehead atoms. The molecule has 3 aliphatic heterocycles. The van der Waals surface area contributed by atoms with Crippen LogP contribution >= 0.6 is 0 Å². The van der Waals surface area contributed by atoms with Crippen molar-refractivity contribution in [2.24, 2.45) is 4.99 Å². The molecule has 4 amide bonds. The average molecular weight is 445 g/mol. The van der Waals surface area contributed by atoms with Gasteiger partial charge in [-0.3, -0.25) is 19.9 Å². The molecule has 0 spiro atoms. The van der Waals surface area contributed by atoms with Gasteiger partial charge in [0.25, 0.3) is 11.8 Å². The summed E-state index contributed by atoms with van der Waals surface area (Å²) in [5, 5.41) is 8.17. The van der Waals surface area contributed by atoms with Gasteiger partial charge in [0.15, 0.2) is 0 Å². The first-order chi connectivity index (χ1) is 16.0. The van der Waals surface area contributed by atoms with Crippen molar-refractivity contribution in [1.82, 2.24) is 20.9 Å². The van der Waals surface area contributed by atoms with E-state index in [9.17, 15) is 14.4 Å². The predicted molar refractivity (Wildman–Crippen MR) is 121 cm³/mol. The van der Waals surface area contributed by atoms with Crippen LogP contribution in [0.4, 0.5) is 4.79 Å². The summed E-state index contributed by atoms with van der Waals surface area (Å²) in [6.07, 6.45) is 5.40. The number of ether oxygens (including phenoxy) is 1. The fourth-order valence-electron chi connectivity index (χ4n) is 4.35. The number of benzene rings is 1. The number of amides is 4. The Balaban J connectivity index is 1.39. The number of nitrogens with zero attached hydrogens (tertiary/aromatic N) is 2. The lowest BCUT2D eigenvalue weighted by Gasteiger charge is -2.26. The lowest BCUT2D eigenvalue weighted by atomic mass is 9.95. The molecule has 4 aliphatic rings. The fraction of sp³-hybridized carbons (Fsp3) is 0.333. The van der Waals surface area contributed by atoms with Gasteiger partial charge in [0.2, 0.25) is 5.54 Å². The third kappa shape index (κ3) is 3.84. The Hall–Kier alpha value is -4.06. The van der Waals surface area contributed by atoms with Gasteiger partial charge in [0, 0.05) is 24.2 Å². The number of urea groups is 1. The molecule has 5 rings (SSSR count). The summed E-state index contributed by atoms with van der Waals surface area (Å²) < 4.78 is 5.22. The minimum absolute atomic E-state index is 0.0531. The van der Waals surface area contributed by atoms with Crippen LogP contribution in [0.2, 0.25) is 0 Å². The van der Waals surface area contributed by atoms with Crippen molar-refractivity contribution in [3.05, 3.63) is 52.6 Å². The molecule has 0 radical (unpaired) electrons. The molecule has 168 valence electrons. The molecule has 9 heteroatoms. The summed E-state index contributed by atoms with van der Waals surface area (Å²) >= 11 is 0. The van der Waals surface area contributed by atoms with Crippen LogP contribution in [-0.2, 0) is 11.3 Å². The van der Waals surface area contributed by atoms with Gasteiger partial charge in [-0.05, 0) is 36.1 Å². The molecule has 3 heterocycles. The van der Waals surface area contributed by atoms with Crippen LogP contribution in [0.3, 0.4) is 0 Å².